The molecule has 7 nitrogen and oxygen atoms in total. The van der Waals surface area contributed by atoms with E-state index >= 15 is 0 Å². The van der Waals surface area contributed by atoms with Crippen LogP contribution in [0.25, 0.3) is 15.9 Å². The molecule has 0 aliphatic carbocycles. The average molecular weight is 352 g/mol. The molecule has 0 fully saturated rings. The fraction of sp³-hybridized carbons (Fsp3) is 0.176. The number of thiazole rings is 1. The molecule has 0 bridgehead atoms. The van der Waals surface area contributed by atoms with Crippen molar-refractivity contribution in [2.24, 2.45) is 0 Å². The quantitative estimate of drug-likeness (QED) is 0.539. The number of carbonyl (C=O) groups is 1. The Hall–Kier alpha value is -3.00. The zero-order valence-electron chi connectivity index (χ0n) is 13.6. The number of hydrogen-bond acceptors (Lipinski definition) is 6. The highest BCUT2D eigenvalue weighted by atomic mass is 32.1. The standard InChI is InChI=1S/C17H16N6OS/c1-11-14(15-18-7-4-10-23(15)22-11)16(24)19-8-9-20-17-21-12-5-2-3-6-13(12)25-17/h2-7,10H,8-9H2,1H3,(H,19,24)(H,20,21). The SMILES string of the molecule is Cc1nn2cccnc2c1C(=O)NCCNc1nc2ccccc2s1. The Balaban J connectivity index is 1.38. The van der Waals surface area contributed by atoms with E-state index in [1.165, 1.54) is 0 Å². The summed E-state index contributed by atoms with van der Waals surface area (Å²) in [4.78, 5) is 21.2. The van der Waals surface area contributed by atoms with E-state index in [0.29, 0.717) is 30.0 Å². The summed E-state index contributed by atoms with van der Waals surface area (Å²) in [6, 6.07) is 9.78. The Morgan fingerprint density at radius 1 is 1.24 bits per heavy atom. The lowest BCUT2D eigenvalue weighted by Crippen LogP contribution is -2.29. The van der Waals surface area contributed by atoms with E-state index in [1.807, 2.05) is 31.2 Å². The van der Waals surface area contributed by atoms with Crippen LogP contribution < -0.4 is 10.6 Å². The number of nitrogens with zero attached hydrogens (tertiary/aromatic N) is 4. The molecule has 0 aliphatic heterocycles. The van der Waals surface area contributed by atoms with Gasteiger partial charge < -0.3 is 10.6 Å². The summed E-state index contributed by atoms with van der Waals surface area (Å²) in [5, 5.41) is 11.3. The highest BCUT2D eigenvalue weighted by Gasteiger charge is 2.17. The molecule has 2 N–H and O–H groups in total. The highest BCUT2D eigenvalue weighted by molar-refractivity contribution is 7.22. The minimum Gasteiger partial charge on any atom is -0.360 e. The number of aryl methyl sites for hydroxylation is 1. The fourth-order valence-electron chi connectivity index (χ4n) is 2.64. The zero-order valence-corrected chi connectivity index (χ0v) is 14.4. The summed E-state index contributed by atoms with van der Waals surface area (Å²) in [6.07, 6.45) is 3.43. The van der Waals surface area contributed by atoms with Crippen LogP contribution in [0.2, 0.25) is 0 Å². The molecule has 1 amide bonds. The lowest BCUT2D eigenvalue weighted by atomic mass is 10.2. The Bertz CT molecular complexity index is 1020. The van der Waals surface area contributed by atoms with Crippen molar-refractivity contribution in [2.45, 2.75) is 6.92 Å². The van der Waals surface area contributed by atoms with E-state index in [9.17, 15) is 4.79 Å². The number of nitrogens with one attached hydrogen (secondary N) is 2. The van der Waals surface area contributed by atoms with Crippen molar-refractivity contribution in [2.75, 3.05) is 18.4 Å². The Morgan fingerprint density at radius 2 is 2.12 bits per heavy atom. The maximum absolute atomic E-state index is 12.4. The maximum atomic E-state index is 12.4. The van der Waals surface area contributed by atoms with Gasteiger partial charge in [-0.05, 0) is 25.1 Å². The number of benzene rings is 1. The van der Waals surface area contributed by atoms with Gasteiger partial charge in [0.2, 0.25) is 0 Å². The molecule has 0 spiro atoms. The average Bonchev–Trinajstić information content (AvgIpc) is 3.17. The topological polar surface area (TPSA) is 84.2 Å². The minimum atomic E-state index is -0.169. The van der Waals surface area contributed by atoms with Crippen molar-refractivity contribution in [1.82, 2.24) is 24.9 Å². The molecule has 3 heterocycles. The van der Waals surface area contributed by atoms with Crippen molar-refractivity contribution in [3.05, 3.63) is 54.0 Å². The molecule has 0 saturated carbocycles. The second-order valence-electron chi connectivity index (χ2n) is 5.52. The summed E-state index contributed by atoms with van der Waals surface area (Å²) in [5.74, 6) is -0.169. The Morgan fingerprint density at radius 3 is 3.00 bits per heavy atom. The molecule has 1 aromatic carbocycles. The summed E-state index contributed by atoms with van der Waals surface area (Å²) in [6.45, 7) is 2.89. The first kappa shape index (κ1) is 15.5. The molecule has 4 aromatic rings. The van der Waals surface area contributed by atoms with Gasteiger partial charge in [0.15, 0.2) is 10.8 Å². The Labute approximate surface area is 147 Å². The van der Waals surface area contributed by atoms with Gasteiger partial charge in [-0.1, -0.05) is 23.5 Å². The molecule has 0 saturated heterocycles. The van der Waals surface area contributed by atoms with Gasteiger partial charge in [-0.2, -0.15) is 5.10 Å². The van der Waals surface area contributed by atoms with Gasteiger partial charge in [-0.3, -0.25) is 4.79 Å². The highest BCUT2D eigenvalue weighted by Crippen LogP contribution is 2.24. The number of para-hydroxylation sites is 1. The molecule has 8 heteroatoms. The van der Waals surface area contributed by atoms with Crippen LogP contribution in [0.5, 0.6) is 0 Å². The van der Waals surface area contributed by atoms with E-state index in [4.69, 9.17) is 0 Å². The van der Waals surface area contributed by atoms with Crippen LogP contribution >= 0.6 is 11.3 Å². The van der Waals surface area contributed by atoms with Gasteiger partial charge in [0.1, 0.15) is 5.56 Å². The van der Waals surface area contributed by atoms with E-state index < -0.39 is 0 Å². The van der Waals surface area contributed by atoms with Crippen molar-refractivity contribution in [3.8, 4) is 0 Å². The van der Waals surface area contributed by atoms with E-state index in [1.54, 1.807) is 34.3 Å². The van der Waals surface area contributed by atoms with Gasteiger partial charge in [0.05, 0.1) is 15.9 Å². The van der Waals surface area contributed by atoms with Gasteiger partial charge in [0.25, 0.3) is 5.91 Å². The number of aromatic nitrogens is 4. The predicted octanol–water partition coefficient (Wildman–Crippen LogP) is 2.49. The number of amides is 1. The first-order chi connectivity index (χ1) is 12.2. The monoisotopic (exact) mass is 352 g/mol. The Kier molecular flexibility index (Phi) is 4.02. The summed E-state index contributed by atoms with van der Waals surface area (Å²) < 4.78 is 2.76. The van der Waals surface area contributed by atoms with E-state index in [2.05, 4.69) is 25.7 Å². The number of anilines is 1. The zero-order chi connectivity index (χ0) is 17.2. The molecule has 0 unspecified atom stereocenters. The molecule has 3 aromatic heterocycles. The predicted molar refractivity (Wildman–Crippen MR) is 98.2 cm³/mol. The van der Waals surface area contributed by atoms with E-state index in [-0.39, 0.29) is 5.91 Å². The van der Waals surface area contributed by atoms with Crippen molar-refractivity contribution >= 4 is 38.2 Å². The van der Waals surface area contributed by atoms with Gasteiger partial charge in [0, 0.05) is 25.5 Å². The second kappa shape index (κ2) is 6.48. The number of hydrogen-bond donors (Lipinski definition) is 2. The fourth-order valence-corrected chi connectivity index (χ4v) is 3.54. The van der Waals surface area contributed by atoms with Crippen LogP contribution in [0, 0.1) is 6.92 Å². The van der Waals surface area contributed by atoms with Crippen molar-refractivity contribution in [3.63, 3.8) is 0 Å². The number of rotatable bonds is 5. The molecule has 0 atom stereocenters. The maximum Gasteiger partial charge on any atom is 0.257 e. The molecule has 126 valence electrons. The van der Waals surface area contributed by atoms with Crippen LogP contribution in [0.4, 0.5) is 5.13 Å². The summed E-state index contributed by atoms with van der Waals surface area (Å²) >= 11 is 1.60. The largest absolute Gasteiger partial charge is 0.360 e. The van der Waals surface area contributed by atoms with Gasteiger partial charge >= 0.3 is 0 Å². The smallest absolute Gasteiger partial charge is 0.257 e. The van der Waals surface area contributed by atoms with Crippen LogP contribution in [0.15, 0.2) is 42.7 Å². The molecule has 4 rings (SSSR count). The molecule has 25 heavy (non-hydrogen) atoms. The lowest BCUT2D eigenvalue weighted by molar-refractivity contribution is 0.0956. The van der Waals surface area contributed by atoms with Crippen LogP contribution in [-0.2, 0) is 0 Å². The number of fused-ring (bicyclic) bond motifs is 2. The molecule has 0 radical (unpaired) electrons. The molecular weight excluding hydrogens is 336 g/mol. The minimum absolute atomic E-state index is 0.169. The molecular formula is C17H16N6OS. The van der Waals surface area contributed by atoms with Gasteiger partial charge in [-0.25, -0.2) is 14.5 Å². The van der Waals surface area contributed by atoms with Crippen LogP contribution in [0.1, 0.15) is 16.1 Å². The third-order valence-electron chi connectivity index (χ3n) is 3.78. The van der Waals surface area contributed by atoms with Crippen molar-refractivity contribution in [1.29, 1.82) is 0 Å². The van der Waals surface area contributed by atoms with Crippen LogP contribution in [-0.4, -0.2) is 38.6 Å². The van der Waals surface area contributed by atoms with Crippen molar-refractivity contribution < 1.29 is 4.79 Å². The van der Waals surface area contributed by atoms with Gasteiger partial charge in [-0.15, -0.1) is 0 Å². The van der Waals surface area contributed by atoms with E-state index in [0.717, 1.165) is 15.3 Å². The molecule has 0 aliphatic rings. The summed E-state index contributed by atoms with van der Waals surface area (Å²) in [7, 11) is 0. The first-order valence-electron chi connectivity index (χ1n) is 7.90. The lowest BCUT2D eigenvalue weighted by Gasteiger charge is -2.05. The third kappa shape index (κ3) is 3.03. The normalized spacial score (nSPS) is 11.1. The first-order valence-corrected chi connectivity index (χ1v) is 8.71. The number of carbonyl (C=O) groups excluding carboxylic acids is 1. The second-order valence-corrected chi connectivity index (χ2v) is 6.55. The summed E-state index contributed by atoms with van der Waals surface area (Å²) in [5.41, 5.74) is 2.72. The van der Waals surface area contributed by atoms with Crippen LogP contribution in [0.3, 0.4) is 0 Å². The third-order valence-corrected chi connectivity index (χ3v) is 4.77.